The predicted molar refractivity (Wildman–Crippen MR) is 78.5 cm³/mol. The highest BCUT2D eigenvalue weighted by Gasteiger charge is 2.03. The molecule has 2 aromatic rings. The van der Waals surface area contributed by atoms with Crippen LogP contribution in [0.4, 0.5) is 0 Å². The van der Waals surface area contributed by atoms with E-state index in [9.17, 15) is 4.79 Å². The van der Waals surface area contributed by atoms with Crippen LogP contribution < -0.4 is 5.43 Å². The monoisotopic (exact) mass is 342 g/mol. The summed E-state index contributed by atoms with van der Waals surface area (Å²) in [7, 11) is 0. The molecule has 0 saturated heterocycles. The van der Waals surface area contributed by atoms with Gasteiger partial charge in [0.2, 0.25) is 0 Å². The van der Waals surface area contributed by atoms with E-state index in [-0.39, 0.29) is 5.91 Å². The number of carbonyl (C=O) groups is 1. The molecule has 0 radical (unpaired) electrons. The molecule has 2 rings (SSSR count). The first-order valence-electron chi connectivity index (χ1n) is 4.99. The minimum atomic E-state index is -0.249. The lowest BCUT2D eigenvalue weighted by Crippen LogP contribution is -2.17. The SMILES string of the molecule is O=C(N/N=C/c1ccc(Cl)s1)c1ccc(Br)cc1. The Morgan fingerprint density at radius 2 is 2.00 bits per heavy atom. The van der Waals surface area contributed by atoms with Crippen LogP contribution in [0.15, 0.2) is 46.0 Å². The molecule has 3 nitrogen and oxygen atoms in total. The second-order valence-corrected chi connectivity index (χ2v) is 6.01. The summed E-state index contributed by atoms with van der Waals surface area (Å²) in [6.07, 6.45) is 1.56. The number of hydrazone groups is 1. The maximum absolute atomic E-state index is 11.7. The van der Waals surface area contributed by atoms with Crippen LogP contribution in [0.25, 0.3) is 0 Å². The smallest absolute Gasteiger partial charge is 0.267 e. The Morgan fingerprint density at radius 1 is 1.28 bits per heavy atom. The van der Waals surface area contributed by atoms with E-state index in [1.807, 2.05) is 6.07 Å². The first kappa shape index (κ1) is 13.3. The van der Waals surface area contributed by atoms with E-state index >= 15 is 0 Å². The summed E-state index contributed by atoms with van der Waals surface area (Å²) in [4.78, 5) is 12.6. The van der Waals surface area contributed by atoms with Gasteiger partial charge < -0.3 is 0 Å². The molecule has 0 saturated carbocycles. The van der Waals surface area contributed by atoms with Gasteiger partial charge in [-0.05, 0) is 36.4 Å². The van der Waals surface area contributed by atoms with Gasteiger partial charge in [0.15, 0.2) is 0 Å². The van der Waals surface area contributed by atoms with Crippen molar-refractivity contribution in [2.24, 2.45) is 5.10 Å². The second-order valence-electron chi connectivity index (χ2n) is 3.35. The number of halogens is 2. The van der Waals surface area contributed by atoms with Gasteiger partial charge in [0.1, 0.15) is 0 Å². The van der Waals surface area contributed by atoms with Gasteiger partial charge in [-0.3, -0.25) is 4.79 Å². The number of carbonyl (C=O) groups excluding carboxylic acids is 1. The van der Waals surface area contributed by atoms with Crippen LogP contribution >= 0.6 is 38.9 Å². The van der Waals surface area contributed by atoms with E-state index in [4.69, 9.17) is 11.6 Å². The lowest BCUT2D eigenvalue weighted by molar-refractivity contribution is 0.0955. The van der Waals surface area contributed by atoms with Crippen molar-refractivity contribution in [3.63, 3.8) is 0 Å². The third-order valence-corrected chi connectivity index (χ3v) is 3.75. The van der Waals surface area contributed by atoms with Crippen molar-refractivity contribution in [1.82, 2.24) is 5.43 Å². The molecule has 0 unspecified atom stereocenters. The zero-order valence-corrected chi connectivity index (χ0v) is 12.2. The van der Waals surface area contributed by atoms with E-state index in [0.29, 0.717) is 9.90 Å². The normalized spacial score (nSPS) is 10.8. The van der Waals surface area contributed by atoms with Crippen molar-refractivity contribution in [2.75, 3.05) is 0 Å². The molecule has 0 spiro atoms. The highest BCUT2D eigenvalue weighted by atomic mass is 79.9. The molecule has 0 atom stereocenters. The zero-order chi connectivity index (χ0) is 13.0. The molecular weight excluding hydrogens is 336 g/mol. The lowest BCUT2D eigenvalue weighted by Gasteiger charge is -1.99. The standard InChI is InChI=1S/C12H8BrClN2OS/c13-9-3-1-8(2-4-9)12(17)16-15-7-10-5-6-11(14)18-10/h1-7H,(H,16,17)/b15-7+. The molecule has 0 fully saturated rings. The minimum absolute atomic E-state index is 0.249. The third kappa shape index (κ3) is 3.66. The summed E-state index contributed by atoms with van der Waals surface area (Å²) in [5.74, 6) is -0.249. The van der Waals surface area contributed by atoms with E-state index in [0.717, 1.165) is 9.35 Å². The van der Waals surface area contributed by atoms with E-state index < -0.39 is 0 Å². The Hall–Kier alpha value is -1.17. The summed E-state index contributed by atoms with van der Waals surface area (Å²) >= 11 is 10.5. The molecule has 0 aliphatic heterocycles. The summed E-state index contributed by atoms with van der Waals surface area (Å²) in [6, 6.07) is 10.7. The molecule has 1 amide bonds. The molecular formula is C12H8BrClN2OS. The maximum Gasteiger partial charge on any atom is 0.271 e. The van der Waals surface area contributed by atoms with Crippen molar-refractivity contribution in [2.45, 2.75) is 0 Å². The van der Waals surface area contributed by atoms with Crippen molar-refractivity contribution in [1.29, 1.82) is 0 Å². The Kier molecular flexibility index (Phi) is 4.52. The lowest BCUT2D eigenvalue weighted by atomic mass is 10.2. The number of nitrogens with zero attached hydrogens (tertiary/aromatic N) is 1. The number of hydrogen-bond donors (Lipinski definition) is 1. The fourth-order valence-corrected chi connectivity index (χ4v) is 2.42. The van der Waals surface area contributed by atoms with Crippen molar-refractivity contribution in [3.05, 3.63) is 55.6 Å². The van der Waals surface area contributed by atoms with E-state index in [1.54, 1.807) is 36.5 Å². The summed E-state index contributed by atoms with van der Waals surface area (Å²) in [5.41, 5.74) is 3.01. The van der Waals surface area contributed by atoms with Crippen LogP contribution in [0.5, 0.6) is 0 Å². The summed E-state index contributed by atoms with van der Waals surface area (Å²) < 4.78 is 1.62. The van der Waals surface area contributed by atoms with Crippen LogP contribution in [0.3, 0.4) is 0 Å². The Balaban J connectivity index is 1.96. The van der Waals surface area contributed by atoms with Gasteiger partial charge in [0.25, 0.3) is 5.91 Å². The Morgan fingerprint density at radius 3 is 2.61 bits per heavy atom. The second kappa shape index (κ2) is 6.13. The molecule has 1 aromatic heterocycles. The van der Waals surface area contributed by atoms with Gasteiger partial charge in [-0.2, -0.15) is 5.10 Å². The van der Waals surface area contributed by atoms with Crippen LogP contribution in [0, 0.1) is 0 Å². The number of rotatable bonds is 3. The molecule has 0 aliphatic carbocycles. The van der Waals surface area contributed by atoms with Gasteiger partial charge in [0, 0.05) is 14.9 Å². The van der Waals surface area contributed by atoms with Gasteiger partial charge in [-0.1, -0.05) is 27.5 Å². The molecule has 92 valence electrons. The topological polar surface area (TPSA) is 41.5 Å². The summed E-state index contributed by atoms with van der Waals surface area (Å²) in [6.45, 7) is 0. The van der Waals surface area contributed by atoms with Crippen molar-refractivity contribution >= 4 is 51.0 Å². The predicted octanol–water partition coefficient (Wildman–Crippen LogP) is 3.93. The highest BCUT2D eigenvalue weighted by molar-refractivity contribution is 9.10. The average Bonchev–Trinajstić information content (AvgIpc) is 2.76. The number of thiophene rings is 1. The largest absolute Gasteiger partial charge is 0.271 e. The van der Waals surface area contributed by atoms with Crippen LogP contribution in [-0.4, -0.2) is 12.1 Å². The molecule has 1 N–H and O–H groups in total. The fraction of sp³-hybridized carbons (Fsp3) is 0. The first-order valence-corrected chi connectivity index (χ1v) is 6.98. The number of hydrogen-bond acceptors (Lipinski definition) is 3. The van der Waals surface area contributed by atoms with Gasteiger partial charge in [-0.25, -0.2) is 5.43 Å². The Labute approximate surface area is 122 Å². The summed E-state index contributed by atoms with van der Waals surface area (Å²) in [5, 5.41) is 3.87. The maximum atomic E-state index is 11.7. The molecule has 0 bridgehead atoms. The zero-order valence-electron chi connectivity index (χ0n) is 9.06. The van der Waals surface area contributed by atoms with Crippen LogP contribution in [0.1, 0.15) is 15.2 Å². The molecule has 6 heteroatoms. The Bertz CT molecular complexity index is 580. The van der Waals surface area contributed by atoms with E-state index in [2.05, 4.69) is 26.5 Å². The van der Waals surface area contributed by atoms with Gasteiger partial charge >= 0.3 is 0 Å². The van der Waals surface area contributed by atoms with Gasteiger partial charge in [0.05, 0.1) is 10.6 Å². The van der Waals surface area contributed by atoms with Crippen molar-refractivity contribution in [3.8, 4) is 0 Å². The van der Waals surface area contributed by atoms with Crippen LogP contribution in [-0.2, 0) is 0 Å². The quantitative estimate of drug-likeness (QED) is 0.666. The van der Waals surface area contributed by atoms with Crippen LogP contribution in [0.2, 0.25) is 4.34 Å². The van der Waals surface area contributed by atoms with E-state index in [1.165, 1.54) is 11.3 Å². The average molecular weight is 344 g/mol. The van der Waals surface area contributed by atoms with Crippen molar-refractivity contribution < 1.29 is 4.79 Å². The fourth-order valence-electron chi connectivity index (χ4n) is 1.22. The molecule has 1 heterocycles. The first-order chi connectivity index (χ1) is 8.65. The third-order valence-electron chi connectivity index (χ3n) is 2.06. The molecule has 1 aromatic carbocycles. The number of benzene rings is 1. The number of nitrogens with one attached hydrogen (secondary N) is 1. The number of amides is 1. The highest BCUT2D eigenvalue weighted by Crippen LogP contribution is 2.19. The molecule has 0 aliphatic rings. The molecule has 18 heavy (non-hydrogen) atoms. The minimum Gasteiger partial charge on any atom is -0.267 e. The van der Waals surface area contributed by atoms with Gasteiger partial charge in [-0.15, -0.1) is 11.3 Å².